The second-order valence-corrected chi connectivity index (χ2v) is 4.65. The van der Waals surface area contributed by atoms with Crippen molar-refractivity contribution in [2.45, 2.75) is 32.1 Å². The van der Waals surface area contributed by atoms with Crippen molar-refractivity contribution in [1.29, 1.82) is 0 Å². The van der Waals surface area contributed by atoms with Crippen LogP contribution in [0.3, 0.4) is 0 Å². The fourth-order valence-electron chi connectivity index (χ4n) is 1.31. The van der Waals surface area contributed by atoms with Gasteiger partial charge < -0.3 is 0 Å². The SMILES string of the molecule is C=CC(F)(F)c1ccc(C(C)(C)C)cc1. The van der Waals surface area contributed by atoms with Gasteiger partial charge in [0.05, 0.1) is 0 Å². The third-order valence-electron chi connectivity index (χ3n) is 2.39. The van der Waals surface area contributed by atoms with Crippen LogP contribution in [0.25, 0.3) is 0 Å². The van der Waals surface area contributed by atoms with E-state index >= 15 is 0 Å². The molecule has 0 amide bonds. The molecule has 0 aliphatic carbocycles. The van der Waals surface area contributed by atoms with Crippen LogP contribution in [0.5, 0.6) is 0 Å². The molecule has 0 saturated carbocycles. The molecular formula is C13H16F2. The summed E-state index contributed by atoms with van der Waals surface area (Å²) in [5, 5.41) is 0. The Morgan fingerprint density at radius 2 is 1.40 bits per heavy atom. The Kier molecular flexibility index (Phi) is 2.98. The number of hydrogen-bond acceptors (Lipinski definition) is 0. The molecular weight excluding hydrogens is 194 g/mol. The van der Waals surface area contributed by atoms with Gasteiger partial charge in [-0.05, 0) is 17.1 Å². The predicted octanol–water partition coefficient (Wildman–Crippen LogP) is 4.26. The lowest BCUT2D eigenvalue weighted by atomic mass is 9.86. The molecule has 0 atom stereocenters. The van der Waals surface area contributed by atoms with Gasteiger partial charge in [0.1, 0.15) is 0 Å². The van der Waals surface area contributed by atoms with Crippen LogP contribution in [0.1, 0.15) is 31.9 Å². The Labute approximate surface area is 89.6 Å². The van der Waals surface area contributed by atoms with E-state index in [-0.39, 0.29) is 11.0 Å². The number of benzene rings is 1. The van der Waals surface area contributed by atoms with Crippen LogP contribution < -0.4 is 0 Å². The van der Waals surface area contributed by atoms with E-state index in [2.05, 4.69) is 6.58 Å². The fourth-order valence-corrected chi connectivity index (χ4v) is 1.31. The molecule has 1 aromatic carbocycles. The second-order valence-electron chi connectivity index (χ2n) is 4.65. The minimum absolute atomic E-state index is 0.00880. The first-order valence-electron chi connectivity index (χ1n) is 4.90. The summed E-state index contributed by atoms with van der Waals surface area (Å²) >= 11 is 0. The highest BCUT2D eigenvalue weighted by molar-refractivity contribution is 5.31. The van der Waals surface area contributed by atoms with Gasteiger partial charge in [-0.3, -0.25) is 0 Å². The average molecular weight is 210 g/mol. The molecule has 0 N–H and O–H groups in total. The molecule has 0 aliphatic heterocycles. The van der Waals surface area contributed by atoms with E-state index in [4.69, 9.17) is 0 Å². The van der Waals surface area contributed by atoms with Gasteiger partial charge in [-0.2, -0.15) is 8.78 Å². The Morgan fingerprint density at radius 1 is 1.00 bits per heavy atom. The second kappa shape index (κ2) is 3.76. The van der Waals surface area contributed by atoms with Crippen molar-refractivity contribution in [3.63, 3.8) is 0 Å². The topological polar surface area (TPSA) is 0 Å². The maximum Gasteiger partial charge on any atom is 0.291 e. The zero-order valence-electron chi connectivity index (χ0n) is 9.35. The molecule has 0 aliphatic rings. The van der Waals surface area contributed by atoms with Crippen LogP contribution >= 0.6 is 0 Å². The lowest BCUT2D eigenvalue weighted by molar-refractivity contribution is 0.0525. The molecule has 0 radical (unpaired) electrons. The van der Waals surface area contributed by atoms with Crippen molar-refractivity contribution in [1.82, 2.24) is 0 Å². The summed E-state index contributed by atoms with van der Waals surface area (Å²) in [6.45, 7) is 9.28. The molecule has 0 fully saturated rings. The number of halogens is 2. The number of alkyl halides is 2. The molecule has 2 heteroatoms. The van der Waals surface area contributed by atoms with E-state index < -0.39 is 5.92 Å². The van der Waals surface area contributed by atoms with Crippen molar-refractivity contribution in [3.8, 4) is 0 Å². The minimum Gasteiger partial charge on any atom is -0.197 e. The standard InChI is InChI=1S/C13H16F2/c1-5-13(14,15)11-8-6-10(7-9-11)12(2,3)4/h5-9H,1H2,2-4H3. The number of hydrogen-bond donors (Lipinski definition) is 0. The molecule has 0 spiro atoms. The van der Waals surface area contributed by atoms with Gasteiger partial charge in [-0.15, -0.1) is 0 Å². The monoisotopic (exact) mass is 210 g/mol. The highest BCUT2D eigenvalue weighted by Gasteiger charge is 2.27. The van der Waals surface area contributed by atoms with E-state index in [0.717, 1.165) is 5.56 Å². The molecule has 0 saturated heterocycles. The summed E-state index contributed by atoms with van der Waals surface area (Å²) in [6.07, 6.45) is 0.666. The zero-order chi connectivity index (χ0) is 11.7. The molecule has 0 heterocycles. The third-order valence-corrected chi connectivity index (χ3v) is 2.39. The Hall–Kier alpha value is -1.18. The molecule has 0 unspecified atom stereocenters. The van der Waals surface area contributed by atoms with Crippen LogP contribution in [0.15, 0.2) is 36.9 Å². The molecule has 0 bridgehead atoms. The Bertz CT molecular complexity index is 342. The summed E-state index contributed by atoms with van der Waals surface area (Å²) in [4.78, 5) is 0. The highest BCUT2D eigenvalue weighted by Crippen LogP contribution is 2.30. The van der Waals surface area contributed by atoms with Crippen LogP contribution in [-0.4, -0.2) is 0 Å². The van der Waals surface area contributed by atoms with Gasteiger partial charge in [0, 0.05) is 5.56 Å². The number of allylic oxidation sites excluding steroid dienone is 1. The first kappa shape index (κ1) is 11.9. The summed E-state index contributed by atoms with van der Waals surface area (Å²) in [5.41, 5.74) is 1.03. The minimum atomic E-state index is -2.93. The summed E-state index contributed by atoms with van der Waals surface area (Å²) in [5.74, 6) is -2.93. The maximum absolute atomic E-state index is 13.2. The van der Waals surface area contributed by atoms with Crippen molar-refractivity contribution < 1.29 is 8.78 Å². The van der Waals surface area contributed by atoms with Gasteiger partial charge in [0.15, 0.2) is 0 Å². The van der Waals surface area contributed by atoms with E-state index in [1.807, 2.05) is 20.8 Å². The Morgan fingerprint density at radius 3 is 1.73 bits per heavy atom. The van der Waals surface area contributed by atoms with E-state index in [1.54, 1.807) is 12.1 Å². The highest BCUT2D eigenvalue weighted by atomic mass is 19.3. The first-order valence-corrected chi connectivity index (χ1v) is 4.90. The van der Waals surface area contributed by atoms with E-state index in [0.29, 0.717) is 6.08 Å². The molecule has 1 rings (SSSR count). The van der Waals surface area contributed by atoms with Gasteiger partial charge in [0.2, 0.25) is 0 Å². The van der Waals surface area contributed by atoms with Crippen molar-refractivity contribution in [3.05, 3.63) is 48.0 Å². The van der Waals surface area contributed by atoms with Crippen molar-refractivity contribution >= 4 is 0 Å². The van der Waals surface area contributed by atoms with Crippen molar-refractivity contribution in [2.24, 2.45) is 0 Å². The third kappa shape index (κ3) is 2.65. The van der Waals surface area contributed by atoms with Crippen LogP contribution in [0.2, 0.25) is 0 Å². The van der Waals surface area contributed by atoms with Gasteiger partial charge in [0.25, 0.3) is 5.92 Å². The van der Waals surface area contributed by atoms with Gasteiger partial charge >= 0.3 is 0 Å². The lowest BCUT2D eigenvalue weighted by Gasteiger charge is -2.20. The first-order chi connectivity index (χ1) is 6.77. The van der Waals surface area contributed by atoms with Crippen LogP contribution in [0.4, 0.5) is 8.78 Å². The zero-order valence-corrected chi connectivity index (χ0v) is 9.35. The lowest BCUT2D eigenvalue weighted by Crippen LogP contribution is -2.13. The average Bonchev–Trinajstić information content (AvgIpc) is 2.17. The molecule has 0 nitrogen and oxygen atoms in total. The van der Waals surface area contributed by atoms with E-state index in [9.17, 15) is 8.78 Å². The summed E-state index contributed by atoms with van der Waals surface area (Å²) in [7, 11) is 0. The smallest absolute Gasteiger partial charge is 0.197 e. The number of rotatable bonds is 2. The van der Waals surface area contributed by atoms with Gasteiger partial charge in [-0.1, -0.05) is 51.6 Å². The van der Waals surface area contributed by atoms with Crippen LogP contribution in [-0.2, 0) is 11.3 Å². The largest absolute Gasteiger partial charge is 0.291 e. The van der Waals surface area contributed by atoms with Crippen LogP contribution in [0, 0.1) is 0 Å². The van der Waals surface area contributed by atoms with E-state index in [1.165, 1.54) is 12.1 Å². The van der Waals surface area contributed by atoms with Gasteiger partial charge in [-0.25, -0.2) is 0 Å². The predicted molar refractivity (Wildman–Crippen MR) is 59.2 cm³/mol. The maximum atomic E-state index is 13.2. The molecule has 1 aromatic rings. The molecule has 0 aromatic heterocycles. The Balaban J connectivity index is 3.06. The van der Waals surface area contributed by atoms with Crippen molar-refractivity contribution in [2.75, 3.05) is 0 Å². The normalized spacial score (nSPS) is 12.6. The fraction of sp³-hybridized carbons (Fsp3) is 0.385. The molecule has 15 heavy (non-hydrogen) atoms. The molecule has 82 valence electrons. The summed E-state index contributed by atoms with van der Waals surface area (Å²) in [6, 6.07) is 6.41. The summed E-state index contributed by atoms with van der Waals surface area (Å²) < 4.78 is 26.4. The quantitative estimate of drug-likeness (QED) is 0.640.